The minimum Gasteiger partial charge on any atom is -0.292 e. The second-order valence-electron chi connectivity index (χ2n) is 2.48. The van der Waals surface area contributed by atoms with Gasteiger partial charge in [0.25, 0.3) is 0 Å². The molecule has 1 fully saturated rings. The maximum atomic E-state index is 2.28. The topological polar surface area (TPSA) is 3.24 Å². The van der Waals surface area contributed by atoms with Crippen molar-refractivity contribution in [1.82, 2.24) is 4.90 Å². The molecule has 1 saturated heterocycles. The van der Waals surface area contributed by atoms with Gasteiger partial charge in [-0.05, 0) is 26.7 Å². The number of rotatable bonds is 1. The van der Waals surface area contributed by atoms with E-state index >= 15 is 0 Å². The average Bonchev–Trinajstić information content (AvgIpc) is 2.12. The standard InChI is InChI=1S/C7H13N/c1-7(2)8-5-3-4-6-8/h5-7H,3-4H2,1-2H3. The van der Waals surface area contributed by atoms with E-state index in [0.717, 1.165) is 0 Å². The van der Waals surface area contributed by atoms with Crippen LogP contribution in [0, 0.1) is 13.1 Å². The van der Waals surface area contributed by atoms with Crippen LogP contribution in [0.15, 0.2) is 0 Å². The highest BCUT2D eigenvalue weighted by atomic mass is 15.2. The van der Waals surface area contributed by atoms with Gasteiger partial charge in [0.2, 0.25) is 0 Å². The zero-order chi connectivity index (χ0) is 5.98. The molecule has 2 radical (unpaired) electrons. The molecule has 1 aliphatic heterocycles. The first-order valence-electron chi connectivity index (χ1n) is 3.25. The molecule has 0 atom stereocenters. The van der Waals surface area contributed by atoms with Crippen LogP contribution >= 0.6 is 0 Å². The van der Waals surface area contributed by atoms with Gasteiger partial charge in [0.1, 0.15) is 0 Å². The van der Waals surface area contributed by atoms with Gasteiger partial charge in [-0.3, -0.25) is 4.90 Å². The highest BCUT2D eigenvalue weighted by molar-refractivity contribution is 4.87. The van der Waals surface area contributed by atoms with Crippen molar-refractivity contribution in [2.45, 2.75) is 32.7 Å². The fourth-order valence-electron chi connectivity index (χ4n) is 0.943. The van der Waals surface area contributed by atoms with Gasteiger partial charge in [-0.25, -0.2) is 0 Å². The summed E-state index contributed by atoms with van der Waals surface area (Å²) in [5, 5.41) is 0. The van der Waals surface area contributed by atoms with Gasteiger partial charge in [-0.15, -0.1) is 0 Å². The average molecular weight is 111 g/mol. The summed E-state index contributed by atoms with van der Waals surface area (Å²) in [6.07, 6.45) is 2.47. The fraction of sp³-hybridized carbons (Fsp3) is 0.714. The molecule has 0 bridgehead atoms. The van der Waals surface area contributed by atoms with Gasteiger partial charge in [-0.1, -0.05) is 0 Å². The van der Waals surface area contributed by atoms with Crippen molar-refractivity contribution in [3.8, 4) is 0 Å². The molecule has 1 aliphatic rings. The Morgan fingerprint density at radius 3 is 2.00 bits per heavy atom. The Morgan fingerprint density at radius 2 is 1.75 bits per heavy atom. The summed E-state index contributed by atoms with van der Waals surface area (Å²) in [4.78, 5) is 2.28. The first kappa shape index (κ1) is 6.09. The molecule has 1 rings (SSSR count). The lowest BCUT2D eigenvalue weighted by atomic mass is 10.3. The van der Waals surface area contributed by atoms with Crippen LogP contribution in [0.3, 0.4) is 0 Å². The van der Waals surface area contributed by atoms with Crippen molar-refractivity contribution in [2.24, 2.45) is 0 Å². The van der Waals surface area contributed by atoms with Gasteiger partial charge in [0.05, 0.1) is 0 Å². The lowest BCUT2D eigenvalue weighted by Gasteiger charge is -2.17. The Balaban J connectivity index is 2.24. The lowest BCUT2D eigenvalue weighted by molar-refractivity contribution is 0.363. The number of likely N-dealkylation sites (tertiary alicyclic amines) is 1. The predicted octanol–water partition coefficient (Wildman–Crippen LogP) is 1.81. The van der Waals surface area contributed by atoms with Crippen molar-refractivity contribution in [1.29, 1.82) is 0 Å². The molecule has 0 aromatic carbocycles. The Kier molecular flexibility index (Phi) is 1.90. The Morgan fingerprint density at radius 1 is 1.25 bits per heavy atom. The van der Waals surface area contributed by atoms with Crippen molar-refractivity contribution in [2.75, 3.05) is 0 Å². The third-order valence-corrected chi connectivity index (χ3v) is 1.44. The maximum absolute atomic E-state index is 2.28. The monoisotopic (exact) mass is 111 g/mol. The second kappa shape index (κ2) is 2.49. The van der Waals surface area contributed by atoms with E-state index in [1.165, 1.54) is 12.8 Å². The van der Waals surface area contributed by atoms with Crippen LogP contribution < -0.4 is 0 Å². The minimum atomic E-state index is 0.664. The molecular formula is C7H13N. The molecule has 8 heavy (non-hydrogen) atoms. The van der Waals surface area contributed by atoms with Gasteiger partial charge < -0.3 is 0 Å². The fourth-order valence-corrected chi connectivity index (χ4v) is 0.943. The molecular weight excluding hydrogens is 98.1 g/mol. The first-order valence-corrected chi connectivity index (χ1v) is 3.25. The van der Waals surface area contributed by atoms with Gasteiger partial charge >= 0.3 is 0 Å². The molecule has 1 heterocycles. The molecule has 0 N–H and O–H groups in total. The van der Waals surface area contributed by atoms with Crippen LogP contribution in [0.25, 0.3) is 0 Å². The SMILES string of the molecule is CC(C)N1[CH]CC[CH]1. The molecule has 0 spiro atoms. The number of nitrogens with zero attached hydrogens (tertiary/aromatic N) is 1. The predicted molar refractivity (Wildman–Crippen MR) is 34.8 cm³/mol. The molecule has 0 aliphatic carbocycles. The van der Waals surface area contributed by atoms with E-state index in [-0.39, 0.29) is 0 Å². The summed E-state index contributed by atoms with van der Waals surface area (Å²) >= 11 is 0. The summed E-state index contributed by atoms with van der Waals surface area (Å²) in [7, 11) is 0. The third-order valence-electron chi connectivity index (χ3n) is 1.44. The Labute approximate surface area is 51.7 Å². The summed E-state index contributed by atoms with van der Waals surface area (Å²) in [5.74, 6) is 0. The minimum absolute atomic E-state index is 0.664. The molecule has 0 amide bonds. The van der Waals surface area contributed by atoms with Gasteiger partial charge in [0.15, 0.2) is 0 Å². The molecule has 0 unspecified atom stereocenters. The summed E-state index contributed by atoms with van der Waals surface area (Å²) in [6, 6.07) is 0.664. The van der Waals surface area contributed by atoms with Gasteiger partial charge in [0, 0.05) is 19.1 Å². The Hall–Kier alpha value is -0.0400. The normalized spacial score (nSPS) is 22.9. The maximum Gasteiger partial charge on any atom is 0.0258 e. The van der Waals surface area contributed by atoms with E-state index in [1.807, 2.05) is 0 Å². The van der Waals surface area contributed by atoms with Crippen molar-refractivity contribution < 1.29 is 0 Å². The zero-order valence-corrected chi connectivity index (χ0v) is 5.59. The van der Waals surface area contributed by atoms with Crippen LogP contribution in [-0.2, 0) is 0 Å². The van der Waals surface area contributed by atoms with Crippen LogP contribution in [0.2, 0.25) is 0 Å². The molecule has 0 saturated carbocycles. The van der Waals surface area contributed by atoms with Crippen LogP contribution in [0.4, 0.5) is 0 Å². The largest absolute Gasteiger partial charge is 0.292 e. The summed E-state index contributed by atoms with van der Waals surface area (Å²) in [6.45, 7) is 8.92. The second-order valence-corrected chi connectivity index (χ2v) is 2.48. The molecule has 46 valence electrons. The van der Waals surface area contributed by atoms with Crippen molar-refractivity contribution in [3.63, 3.8) is 0 Å². The quantitative estimate of drug-likeness (QED) is 0.499. The highest BCUT2D eigenvalue weighted by Gasteiger charge is 2.14. The van der Waals surface area contributed by atoms with E-state index in [4.69, 9.17) is 0 Å². The summed E-state index contributed by atoms with van der Waals surface area (Å²) in [5.41, 5.74) is 0. The van der Waals surface area contributed by atoms with Crippen LogP contribution in [-0.4, -0.2) is 10.9 Å². The van der Waals surface area contributed by atoms with E-state index < -0.39 is 0 Å². The smallest absolute Gasteiger partial charge is 0.0258 e. The molecule has 1 nitrogen and oxygen atoms in total. The molecule has 0 aromatic heterocycles. The van der Waals surface area contributed by atoms with E-state index in [2.05, 4.69) is 31.8 Å². The highest BCUT2D eigenvalue weighted by Crippen LogP contribution is 2.18. The number of hydrogen-bond donors (Lipinski definition) is 0. The van der Waals surface area contributed by atoms with E-state index in [0.29, 0.717) is 6.04 Å². The van der Waals surface area contributed by atoms with Crippen molar-refractivity contribution >= 4 is 0 Å². The lowest BCUT2D eigenvalue weighted by Crippen LogP contribution is -2.20. The van der Waals surface area contributed by atoms with Gasteiger partial charge in [-0.2, -0.15) is 0 Å². The van der Waals surface area contributed by atoms with Crippen molar-refractivity contribution in [3.05, 3.63) is 13.1 Å². The summed E-state index contributed by atoms with van der Waals surface area (Å²) < 4.78 is 0. The molecule has 1 heteroatoms. The first-order chi connectivity index (χ1) is 3.80. The zero-order valence-electron chi connectivity index (χ0n) is 5.59. The third kappa shape index (κ3) is 1.22. The van der Waals surface area contributed by atoms with Crippen LogP contribution in [0.1, 0.15) is 26.7 Å². The molecule has 0 aromatic rings. The van der Waals surface area contributed by atoms with Crippen LogP contribution in [0.5, 0.6) is 0 Å². The van der Waals surface area contributed by atoms with E-state index in [1.54, 1.807) is 0 Å². The van der Waals surface area contributed by atoms with E-state index in [9.17, 15) is 0 Å². The Bertz CT molecular complexity index is 62.8. The number of hydrogen-bond acceptors (Lipinski definition) is 1.